The summed E-state index contributed by atoms with van der Waals surface area (Å²) in [6, 6.07) is 9.67. The Morgan fingerprint density at radius 1 is 1.15 bits per heavy atom. The van der Waals surface area contributed by atoms with Gasteiger partial charge < -0.3 is 15.4 Å². The predicted octanol–water partition coefficient (Wildman–Crippen LogP) is 6.53. The molecule has 0 saturated heterocycles. The molecular weight excluding hydrogens is 626 g/mol. The number of carbonyl (C=O) groups excluding carboxylic acids is 2. The van der Waals surface area contributed by atoms with Crippen LogP contribution in [0.1, 0.15) is 33.5 Å². The molecular formula is C25H19BrCl2F3N5O3. The summed E-state index contributed by atoms with van der Waals surface area (Å²) in [5, 5.41) is 9.83. The van der Waals surface area contributed by atoms with E-state index >= 15 is 0 Å². The Morgan fingerprint density at radius 2 is 1.90 bits per heavy atom. The zero-order chi connectivity index (χ0) is 28.5. The molecule has 4 rings (SSSR count). The standard InChI is InChI=1S/C25H19BrCl2F3N5O3/c1-12(11-39-2)33-23(37)16-9-13-8-14(26)5-6-15(13)20(28)21(16)34-24(38)18-10-19(25(29,30)31)35-36(18)22-17(27)4-3-7-32-22/h3-10,12H,11H2,1-2H3,(H,33,37)(H,34,38). The number of nitrogens with one attached hydrogen (secondary N) is 2. The van der Waals surface area contributed by atoms with Crippen LogP contribution >= 0.6 is 39.1 Å². The number of methoxy groups -OCH3 is 1. The Bertz CT molecular complexity index is 1580. The van der Waals surface area contributed by atoms with Crippen molar-refractivity contribution < 1.29 is 27.5 Å². The van der Waals surface area contributed by atoms with Crippen molar-refractivity contribution in [3.63, 3.8) is 0 Å². The third-order valence-corrected chi connectivity index (χ3v) is 6.67. The number of amides is 2. The van der Waals surface area contributed by atoms with E-state index in [0.29, 0.717) is 21.5 Å². The lowest BCUT2D eigenvalue weighted by atomic mass is 10.0. The molecule has 39 heavy (non-hydrogen) atoms. The average Bonchev–Trinajstić information content (AvgIpc) is 3.32. The number of rotatable bonds is 7. The second kappa shape index (κ2) is 11.5. The van der Waals surface area contributed by atoms with Gasteiger partial charge in [-0.2, -0.15) is 18.3 Å². The van der Waals surface area contributed by atoms with E-state index in [1.807, 2.05) is 0 Å². The Labute approximate surface area is 238 Å². The van der Waals surface area contributed by atoms with Gasteiger partial charge in [-0.05, 0) is 42.6 Å². The van der Waals surface area contributed by atoms with Gasteiger partial charge in [0.2, 0.25) is 0 Å². The van der Waals surface area contributed by atoms with Crippen LogP contribution in [0.25, 0.3) is 16.6 Å². The molecule has 0 fully saturated rings. The molecule has 0 saturated carbocycles. The molecule has 0 aliphatic heterocycles. The molecule has 2 aromatic carbocycles. The van der Waals surface area contributed by atoms with E-state index in [1.165, 1.54) is 31.5 Å². The van der Waals surface area contributed by atoms with Crippen LogP contribution in [0.5, 0.6) is 0 Å². The minimum absolute atomic E-state index is 0.0101. The van der Waals surface area contributed by atoms with Gasteiger partial charge in [-0.15, -0.1) is 0 Å². The van der Waals surface area contributed by atoms with Crippen molar-refractivity contribution in [1.29, 1.82) is 0 Å². The molecule has 0 aliphatic carbocycles. The molecule has 4 aromatic rings. The van der Waals surface area contributed by atoms with Crippen LogP contribution in [0.4, 0.5) is 18.9 Å². The molecule has 1 unspecified atom stereocenters. The third kappa shape index (κ3) is 6.19. The van der Waals surface area contributed by atoms with Crippen LogP contribution in [0.15, 0.2) is 53.1 Å². The van der Waals surface area contributed by atoms with Gasteiger partial charge in [0, 0.05) is 35.3 Å². The second-order valence-electron chi connectivity index (χ2n) is 8.40. The summed E-state index contributed by atoms with van der Waals surface area (Å²) in [6.45, 7) is 1.93. The number of hydrogen-bond acceptors (Lipinski definition) is 5. The Balaban J connectivity index is 1.84. The number of ether oxygens (including phenoxy) is 1. The second-order valence-corrected chi connectivity index (χ2v) is 10.1. The molecule has 0 aliphatic rings. The monoisotopic (exact) mass is 643 g/mol. The number of benzene rings is 2. The maximum absolute atomic E-state index is 13.6. The van der Waals surface area contributed by atoms with E-state index in [1.54, 1.807) is 25.1 Å². The van der Waals surface area contributed by atoms with Crippen molar-refractivity contribution >= 4 is 67.4 Å². The minimum Gasteiger partial charge on any atom is -0.383 e. The lowest BCUT2D eigenvalue weighted by Crippen LogP contribution is -2.36. The molecule has 2 amide bonds. The molecule has 204 valence electrons. The normalized spacial score (nSPS) is 12.4. The number of carbonyl (C=O) groups is 2. The highest BCUT2D eigenvalue weighted by Crippen LogP contribution is 2.37. The van der Waals surface area contributed by atoms with Crippen LogP contribution in [0.2, 0.25) is 10.0 Å². The number of aromatic nitrogens is 3. The largest absolute Gasteiger partial charge is 0.435 e. The quantitative estimate of drug-likeness (QED) is 0.239. The molecule has 0 radical (unpaired) electrons. The smallest absolute Gasteiger partial charge is 0.383 e. The highest BCUT2D eigenvalue weighted by molar-refractivity contribution is 9.10. The number of pyridine rings is 1. The van der Waals surface area contributed by atoms with Crippen LogP contribution < -0.4 is 10.6 Å². The fraction of sp³-hybridized carbons (Fsp3) is 0.200. The Kier molecular flexibility index (Phi) is 8.50. The summed E-state index contributed by atoms with van der Waals surface area (Å²) in [5.41, 5.74) is -1.99. The third-order valence-electron chi connectivity index (χ3n) is 5.49. The summed E-state index contributed by atoms with van der Waals surface area (Å²) in [4.78, 5) is 30.7. The number of anilines is 1. The van der Waals surface area contributed by atoms with Crippen molar-refractivity contribution in [2.45, 2.75) is 19.1 Å². The topological polar surface area (TPSA) is 98.1 Å². The molecule has 8 nitrogen and oxygen atoms in total. The fourth-order valence-electron chi connectivity index (χ4n) is 3.78. The van der Waals surface area contributed by atoms with Crippen molar-refractivity contribution in [2.24, 2.45) is 0 Å². The van der Waals surface area contributed by atoms with Crippen molar-refractivity contribution in [3.8, 4) is 5.82 Å². The highest BCUT2D eigenvalue weighted by Gasteiger charge is 2.37. The predicted molar refractivity (Wildman–Crippen MR) is 145 cm³/mol. The van der Waals surface area contributed by atoms with Gasteiger partial charge in [0.1, 0.15) is 5.69 Å². The number of fused-ring (bicyclic) bond motifs is 1. The molecule has 2 heterocycles. The Hall–Kier alpha value is -3.19. The maximum atomic E-state index is 13.6. The van der Waals surface area contributed by atoms with E-state index in [-0.39, 0.29) is 33.7 Å². The summed E-state index contributed by atoms with van der Waals surface area (Å²) >= 11 is 16.2. The number of alkyl halides is 3. The van der Waals surface area contributed by atoms with Gasteiger partial charge in [-0.1, -0.05) is 45.2 Å². The van der Waals surface area contributed by atoms with Gasteiger partial charge >= 0.3 is 6.18 Å². The van der Waals surface area contributed by atoms with Crippen LogP contribution in [-0.4, -0.2) is 46.3 Å². The van der Waals surface area contributed by atoms with Crippen LogP contribution in [0, 0.1) is 0 Å². The zero-order valence-corrected chi connectivity index (χ0v) is 23.3. The van der Waals surface area contributed by atoms with Crippen molar-refractivity contribution in [2.75, 3.05) is 19.0 Å². The molecule has 0 bridgehead atoms. The number of hydrogen-bond donors (Lipinski definition) is 2. The molecule has 2 aromatic heterocycles. The van der Waals surface area contributed by atoms with Crippen LogP contribution in [-0.2, 0) is 10.9 Å². The summed E-state index contributed by atoms with van der Waals surface area (Å²) in [6.07, 6.45) is -3.57. The molecule has 1 atom stereocenters. The van der Waals surface area contributed by atoms with Gasteiger partial charge in [0.05, 0.1) is 27.9 Å². The average molecular weight is 645 g/mol. The first-order valence-corrected chi connectivity index (χ1v) is 12.8. The minimum atomic E-state index is -4.86. The summed E-state index contributed by atoms with van der Waals surface area (Å²) in [7, 11) is 1.48. The van der Waals surface area contributed by atoms with Gasteiger partial charge in [0.25, 0.3) is 11.8 Å². The molecule has 14 heteroatoms. The lowest BCUT2D eigenvalue weighted by Gasteiger charge is -2.18. The highest BCUT2D eigenvalue weighted by atomic mass is 79.9. The van der Waals surface area contributed by atoms with Gasteiger partial charge in [-0.3, -0.25) is 9.59 Å². The lowest BCUT2D eigenvalue weighted by molar-refractivity contribution is -0.141. The fourth-order valence-corrected chi connectivity index (χ4v) is 4.68. The zero-order valence-electron chi connectivity index (χ0n) is 20.2. The SMILES string of the molecule is COCC(C)NC(=O)c1cc2cc(Br)ccc2c(Cl)c1NC(=O)c1cc(C(F)(F)F)nn1-c1ncccc1Cl. The van der Waals surface area contributed by atoms with Gasteiger partial charge in [-0.25, -0.2) is 9.67 Å². The first kappa shape index (κ1) is 28.8. The van der Waals surface area contributed by atoms with E-state index in [4.69, 9.17) is 27.9 Å². The van der Waals surface area contributed by atoms with E-state index < -0.39 is 35.4 Å². The van der Waals surface area contributed by atoms with Crippen LogP contribution in [0.3, 0.4) is 0 Å². The molecule has 2 N–H and O–H groups in total. The Morgan fingerprint density at radius 3 is 2.56 bits per heavy atom. The number of halogens is 6. The van der Waals surface area contributed by atoms with Crippen molar-refractivity contribution in [1.82, 2.24) is 20.1 Å². The van der Waals surface area contributed by atoms with Gasteiger partial charge in [0.15, 0.2) is 11.5 Å². The van der Waals surface area contributed by atoms with Crippen molar-refractivity contribution in [3.05, 3.63) is 80.1 Å². The summed E-state index contributed by atoms with van der Waals surface area (Å²) in [5.74, 6) is -1.81. The molecule has 0 spiro atoms. The summed E-state index contributed by atoms with van der Waals surface area (Å²) < 4.78 is 47.2. The number of nitrogens with zero attached hydrogens (tertiary/aromatic N) is 3. The first-order valence-electron chi connectivity index (χ1n) is 11.2. The van der Waals surface area contributed by atoms with E-state index in [9.17, 15) is 22.8 Å². The first-order chi connectivity index (χ1) is 18.4. The van der Waals surface area contributed by atoms with E-state index in [0.717, 1.165) is 4.47 Å². The maximum Gasteiger partial charge on any atom is 0.435 e. The van der Waals surface area contributed by atoms with E-state index in [2.05, 4.69) is 36.6 Å².